The molecule has 0 bridgehead atoms. The van der Waals surface area contributed by atoms with Crippen LogP contribution in [0.5, 0.6) is 0 Å². The van der Waals surface area contributed by atoms with Crippen molar-refractivity contribution in [2.75, 3.05) is 0 Å². The van der Waals surface area contributed by atoms with Gasteiger partial charge in [0.1, 0.15) is 0 Å². The minimum atomic E-state index is -0.0202. The van der Waals surface area contributed by atoms with Gasteiger partial charge in [-0.1, -0.05) is 66.7 Å². The molecular weight excluding hydrogens is 258 g/mol. The van der Waals surface area contributed by atoms with Gasteiger partial charge in [-0.05, 0) is 28.8 Å². The van der Waals surface area contributed by atoms with E-state index in [9.17, 15) is 4.79 Å². The van der Waals surface area contributed by atoms with Gasteiger partial charge in [0, 0.05) is 6.54 Å². The van der Waals surface area contributed by atoms with Crippen LogP contribution in [0.3, 0.4) is 0 Å². The molecule has 0 heterocycles. The molecule has 0 saturated heterocycles. The summed E-state index contributed by atoms with van der Waals surface area (Å²) in [7, 11) is 0. The van der Waals surface area contributed by atoms with Crippen LogP contribution in [0.1, 0.15) is 21.5 Å². The third kappa shape index (κ3) is 2.79. The van der Waals surface area contributed by atoms with Crippen molar-refractivity contribution in [3.05, 3.63) is 83.4 Å². The maximum atomic E-state index is 12.5. The van der Waals surface area contributed by atoms with Crippen LogP contribution in [0.2, 0.25) is 0 Å². The second kappa shape index (κ2) is 5.80. The quantitative estimate of drug-likeness (QED) is 0.766. The standard InChI is InChI=1S/C19H17NO/c1-14-11-12-16-9-5-6-10-17(16)18(14)19(21)20-13-15-7-3-2-4-8-15/h2-12H,13H2,1H3,(H,20,21). The molecule has 104 valence electrons. The maximum absolute atomic E-state index is 12.5. The van der Waals surface area contributed by atoms with Gasteiger partial charge >= 0.3 is 0 Å². The van der Waals surface area contributed by atoms with E-state index in [4.69, 9.17) is 0 Å². The van der Waals surface area contributed by atoms with Gasteiger partial charge < -0.3 is 5.32 Å². The molecule has 1 N–H and O–H groups in total. The van der Waals surface area contributed by atoms with E-state index in [0.29, 0.717) is 6.54 Å². The SMILES string of the molecule is Cc1ccc2ccccc2c1C(=O)NCc1ccccc1. The number of rotatable bonds is 3. The lowest BCUT2D eigenvalue weighted by atomic mass is 9.99. The molecule has 2 nitrogen and oxygen atoms in total. The van der Waals surface area contributed by atoms with Crippen LogP contribution in [0.25, 0.3) is 10.8 Å². The van der Waals surface area contributed by atoms with Gasteiger partial charge in [0.2, 0.25) is 0 Å². The molecule has 21 heavy (non-hydrogen) atoms. The molecule has 0 aromatic heterocycles. The highest BCUT2D eigenvalue weighted by Crippen LogP contribution is 2.22. The number of hydrogen-bond donors (Lipinski definition) is 1. The normalized spacial score (nSPS) is 10.5. The summed E-state index contributed by atoms with van der Waals surface area (Å²) < 4.78 is 0. The van der Waals surface area contributed by atoms with Gasteiger partial charge in [-0.15, -0.1) is 0 Å². The topological polar surface area (TPSA) is 29.1 Å². The van der Waals surface area contributed by atoms with E-state index in [1.54, 1.807) is 0 Å². The Morgan fingerprint density at radius 3 is 2.43 bits per heavy atom. The number of carbonyl (C=O) groups is 1. The first-order valence-electron chi connectivity index (χ1n) is 7.06. The minimum absolute atomic E-state index is 0.0202. The third-order valence-corrected chi connectivity index (χ3v) is 3.66. The smallest absolute Gasteiger partial charge is 0.252 e. The predicted octanol–water partition coefficient (Wildman–Crippen LogP) is 4.08. The third-order valence-electron chi connectivity index (χ3n) is 3.66. The Kier molecular flexibility index (Phi) is 3.69. The first-order valence-corrected chi connectivity index (χ1v) is 7.06. The fraction of sp³-hybridized carbons (Fsp3) is 0.105. The van der Waals surface area contributed by atoms with Crippen molar-refractivity contribution in [1.82, 2.24) is 5.32 Å². The number of carbonyl (C=O) groups excluding carboxylic acids is 1. The van der Waals surface area contributed by atoms with Gasteiger partial charge in [0.25, 0.3) is 5.91 Å². The Morgan fingerprint density at radius 1 is 0.905 bits per heavy atom. The van der Waals surface area contributed by atoms with Crippen LogP contribution in [0.15, 0.2) is 66.7 Å². The fourth-order valence-corrected chi connectivity index (χ4v) is 2.55. The Morgan fingerprint density at radius 2 is 1.62 bits per heavy atom. The van der Waals surface area contributed by atoms with Gasteiger partial charge in [-0.3, -0.25) is 4.79 Å². The summed E-state index contributed by atoms with van der Waals surface area (Å²) in [5.41, 5.74) is 2.87. The second-order valence-electron chi connectivity index (χ2n) is 5.15. The van der Waals surface area contributed by atoms with Crippen LogP contribution < -0.4 is 5.32 Å². The number of amides is 1. The fourth-order valence-electron chi connectivity index (χ4n) is 2.55. The second-order valence-corrected chi connectivity index (χ2v) is 5.15. The molecule has 0 aliphatic heterocycles. The molecule has 0 aliphatic carbocycles. The van der Waals surface area contributed by atoms with E-state index in [1.165, 1.54) is 0 Å². The number of hydrogen-bond acceptors (Lipinski definition) is 1. The monoisotopic (exact) mass is 275 g/mol. The van der Waals surface area contributed by atoms with Crippen LogP contribution in [0, 0.1) is 6.92 Å². The molecule has 0 fully saturated rings. The average molecular weight is 275 g/mol. The first kappa shape index (κ1) is 13.4. The number of benzene rings is 3. The molecule has 3 rings (SSSR count). The summed E-state index contributed by atoms with van der Waals surface area (Å²) in [5.74, 6) is -0.0202. The molecule has 0 saturated carbocycles. The van der Waals surface area contributed by atoms with E-state index in [-0.39, 0.29) is 5.91 Å². The van der Waals surface area contributed by atoms with E-state index in [2.05, 4.69) is 11.4 Å². The summed E-state index contributed by atoms with van der Waals surface area (Å²) in [5, 5.41) is 5.10. The Hall–Kier alpha value is -2.61. The highest BCUT2D eigenvalue weighted by molar-refractivity contribution is 6.08. The lowest BCUT2D eigenvalue weighted by Crippen LogP contribution is -2.23. The Labute approximate surface area is 124 Å². The lowest BCUT2D eigenvalue weighted by molar-refractivity contribution is 0.0952. The molecule has 0 unspecified atom stereocenters. The van der Waals surface area contributed by atoms with Crippen LogP contribution in [-0.2, 0) is 6.54 Å². The predicted molar refractivity (Wildman–Crippen MR) is 86.3 cm³/mol. The highest BCUT2D eigenvalue weighted by atomic mass is 16.1. The van der Waals surface area contributed by atoms with Crippen molar-refractivity contribution >= 4 is 16.7 Å². The van der Waals surface area contributed by atoms with Crippen molar-refractivity contribution in [2.24, 2.45) is 0 Å². The average Bonchev–Trinajstić information content (AvgIpc) is 2.53. The van der Waals surface area contributed by atoms with Crippen LogP contribution in [0.4, 0.5) is 0 Å². The van der Waals surface area contributed by atoms with Crippen LogP contribution >= 0.6 is 0 Å². The summed E-state index contributed by atoms with van der Waals surface area (Å²) in [6.07, 6.45) is 0. The zero-order valence-electron chi connectivity index (χ0n) is 12.0. The summed E-state index contributed by atoms with van der Waals surface area (Å²) in [6.45, 7) is 2.52. The van der Waals surface area contributed by atoms with Gasteiger partial charge in [0.15, 0.2) is 0 Å². The van der Waals surface area contributed by atoms with Crippen molar-refractivity contribution < 1.29 is 4.79 Å². The zero-order valence-corrected chi connectivity index (χ0v) is 12.0. The van der Waals surface area contributed by atoms with Gasteiger partial charge in [0.05, 0.1) is 5.56 Å². The molecule has 2 heteroatoms. The molecule has 3 aromatic rings. The summed E-state index contributed by atoms with van der Waals surface area (Å²) >= 11 is 0. The molecule has 0 spiro atoms. The van der Waals surface area contributed by atoms with E-state index in [1.807, 2.05) is 67.6 Å². The molecule has 0 radical (unpaired) electrons. The maximum Gasteiger partial charge on any atom is 0.252 e. The molecular formula is C19H17NO. The Bertz CT molecular complexity index is 778. The first-order chi connectivity index (χ1) is 10.3. The van der Waals surface area contributed by atoms with Crippen molar-refractivity contribution in [3.8, 4) is 0 Å². The van der Waals surface area contributed by atoms with Gasteiger partial charge in [-0.2, -0.15) is 0 Å². The molecule has 0 aliphatic rings. The van der Waals surface area contributed by atoms with Crippen molar-refractivity contribution in [1.29, 1.82) is 0 Å². The largest absolute Gasteiger partial charge is 0.348 e. The lowest BCUT2D eigenvalue weighted by Gasteiger charge is -2.11. The summed E-state index contributed by atoms with van der Waals surface area (Å²) in [4.78, 5) is 12.5. The highest BCUT2D eigenvalue weighted by Gasteiger charge is 2.12. The van der Waals surface area contributed by atoms with Gasteiger partial charge in [-0.25, -0.2) is 0 Å². The number of nitrogens with one attached hydrogen (secondary N) is 1. The molecule has 0 atom stereocenters. The minimum Gasteiger partial charge on any atom is -0.348 e. The van der Waals surface area contributed by atoms with E-state index < -0.39 is 0 Å². The van der Waals surface area contributed by atoms with Crippen LogP contribution in [-0.4, -0.2) is 5.91 Å². The number of fused-ring (bicyclic) bond motifs is 1. The molecule has 1 amide bonds. The molecule has 3 aromatic carbocycles. The van der Waals surface area contributed by atoms with E-state index in [0.717, 1.165) is 27.5 Å². The Balaban J connectivity index is 1.89. The summed E-state index contributed by atoms with van der Waals surface area (Å²) in [6, 6.07) is 22.0. The number of aryl methyl sites for hydroxylation is 1. The van der Waals surface area contributed by atoms with Crippen molar-refractivity contribution in [3.63, 3.8) is 0 Å². The van der Waals surface area contributed by atoms with Crippen molar-refractivity contribution in [2.45, 2.75) is 13.5 Å². The zero-order chi connectivity index (χ0) is 14.7. The van der Waals surface area contributed by atoms with E-state index >= 15 is 0 Å².